The number of imidazole rings is 1. The number of carbonyl (C=O) groups excluding carboxylic acids is 2. The molecule has 10 nitrogen and oxygen atoms in total. The first kappa shape index (κ1) is 36.7. The molecule has 1 saturated carbocycles. The van der Waals surface area contributed by atoms with Gasteiger partial charge in [-0.3, -0.25) is 14.4 Å². The van der Waals surface area contributed by atoms with Crippen molar-refractivity contribution in [3.05, 3.63) is 52.8 Å². The van der Waals surface area contributed by atoms with Gasteiger partial charge in [-0.15, -0.1) is 0 Å². The van der Waals surface area contributed by atoms with Gasteiger partial charge in [0.25, 0.3) is 5.56 Å². The Bertz CT molecular complexity index is 1700. The van der Waals surface area contributed by atoms with Crippen molar-refractivity contribution in [2.75, 3.05) is 39.5 Å². The summed E-state index contributed by atoms with van der Waals surface area (Å²) in [6.07, 6.45) is 11.3. The van der Waals surface area contributed by atoms with Gasteiger partial charge in [-0.2, -0.15) is 0 Å². The molecular weight excluding hydrogens is 647 g/mol. The van der Waals surface area contributed by atoms with E-state index in [0.29, 0.717) is 57.1 Å². The lowest BCUT2D eigenvalue weighted by atomic mass is 9.90. The van der Waals surface area contributed by atoms with Gasteiger partial charge in [0.2, 0.25) is 5.91 Å². The molecule has 3 aromatic rings. The van der Waals surface area contributed by atoms with Gasteiger partial charge in [-0.1, -0.05) is 45.5 Å². The number of nitrogens with zero attached hydrogens (tertiary/aromatic N) is 4. The largest absolute Gasteiger partial charge is 0.378 e. The lowest BCUT2D eigenvalue weighted by molar-refractivity contribution is -0.124. The third kappa shape index (κ3) is 8.84. The zero-order valence-electron chi connectivity index (χ0n) is 30.7. The number of hydrogen-bond donors (Lipinski definition) is 1. The number of ketones is 1. The van der Waals surface area contributed by atoms with Crippen LogP contribution >= 0.6 is 0 Å². The van der Waals surface area contributed by atoms with Gasteiger partial charge in [-0.25, -0.2) is 4.98 Å². The maximum Gasteiger partial charge on any atom is 0.258 e. The van der Waals surface area contributed by atoms with Crippen molar-refractivity contribution in [1.82, 2.24) is 24.3 Å². The number of rotatable bonds is 12. The summed E-state index contributed by atoms with van der Waals surface area (Å²) >= 11 is 0. The van der Waals surface area contributed by atoms with Gasteiger partial charge in [0.05, 0.1) is 31.1 Å². The molecule has 1 aliphatic carbocycles. The first-order valence-electron chi connectivity index (χ1n) is 19.0. The summed E-state index contributed by atoms with van der Waals surface area (Å²) < 4.78 is 16.2. The zero-order valence-corrected chi connectivity index (χ0v) is 31.7. The van der Waals surface area contributed by atoms with Gasteiger partial charge >= 0.3 is 0 Å². The lowest BCUT2D eigenvalue weighted by Crippen LogP contribution is -2.39. The standard InChI is InChI=1S/C39H57N5O5Si/c1-5-31(45)9-7-6-8-10-34-36-40-27-35(44(36)28-49-23-24-50(2,3)4)30-11-12-32-29(25-30)13-16-43(38(32)47)20-22-48-21-19-42-17-14-39(15-18-42)26-33(39)37(46)41-34/h11-13,16,25,27,33-34H,5-10,14-15,17-24,26,28H2,1-4H3,(H,41,46)/t33-,34+/m1/s1. The first-order chi connectivity index (χ1) is 24.1. The van der Waals surface area contributed by atoms with Gasteiger partial charge in [0.1, 0.15) is 18.3 Å². The highest BCUT2D eigenvalue weighted by molar-refractivity contribution is 6.76. The Balaban J connectivity index is 1.33. The van der Waals surface area contributed by atoms with Crippen molar-refractivity contribution in [2.24, 2.45) is 11.3 Å². The number of pyridine rings is 1. The van der Waals surface area contributed by atoms with Gasteiger partial charge in [0, 0.05) is 63.7 Å². The fourth-order valence-electron chi connectivity index (χ4n) is 7.71. The van der Waals surface area contributed by atoms with Crippen molar-refractivity contribution in [2.45, 2.75) is 110 Å². The average molecular weight is 704 g/mol. The molecule has 1 spiro atoms. The van der Waals surface area contributed by atoms with E-state index in [4.69, 9.17) is 14.5 Å². The van der Waals surface area contributed by atoms with Crippen molar-refractivity contribution >= 4 is 30.5 Å². The van der Waals surface area contributed by atoms with E-state index in [2.05, 4.69) is 40.5 Å². The molecule has 0 unspecified atom stereocenters. The molecule has 50 heavy (non-hydrogen) atoms. The smallest absolute Gasteiger partial charge is 0.258 e. The molecule has 0 radical (unpaired) electrons. The quantitative estimate of drug-likeness (QED) is 0.172. The number of benzene rings is 1. The number of nitrogens with one attached hydrogen (secondary N) is 1. The van der Waals surface area contributed by atoms with Crippen LogP contribution in [0.5, 0.6) is 0 Å². The Hall–Kier alpha value is -3.12. The molecule has 2 fully saturated rings. The Kier molecular flexibility index (Phi) is 11.8. The second-order valence-electron chi connectivity index (χ2n) is 16.0. The Morgan fingerprint density at radius 1 is 1.06 bits per heavy atom. The number of piperidine rings is 1. The highest BCUT2D eigenvalue weighted by Crippen LogP contribution is 2.59. The van der Waals surface area contributed by atoms with E-state index in [-0.39, 0.29) is 28.8 Å². The molecule has 1 N–H and O–H groups in total. The Labute approximate surface area is 297 Å². The van der Waals surface area contributed by atoms with Crippen LogP contribution in [0.3, 0.4) is 0 Å². The van der Waals surface area contributed by atoms with E-state index in [1.165, 1.54) is 0 Å². The van der Waals surface area contributed by atoms with Gasteiger partial charge in [0.15, 0.2) is 0 Å². The van der Waals surface area contributed by atoms with Crippen molar-refractivity contribution in [3.63, 3.8) is 0 Å². The molecule has 272 valence electrons. The third-order valence-electron chi connectivity index (χ3n) is 11.2. The lowest BCUT2D eigenvalue weighted by Gasteiger charge is -2.32. The number of aromatic nitrogens is 3. The number of ether oxygens (including phenoxy) is 2. The van der Waals surface area contributed by atoms with Crippen LogP contribution in [0.1, 0.15) is 76.6 Å². The molecular formula is C39H57N5O5Si. The summed E-state index contributed by atoms with van der Waals surface area (Å²) in [6.45, 7) is 14.4. The molecule has 11 heteroatoms. The number of carbonyl (C=O) groups is 2. The number of unbranched alkanes of at least 4 members (excludes halogenated alkanes) is 2. The van der Waals surface area contributed by atoms with Crippen LogP contribution in [0.25, 0.3) is 22.0 Å². The fourth-order valence-corrected chi connectivity index (χ4v) is 8.46. The molecule has 7 aliphatic rings. The van der Waals surface area contributed by atoms with Crippen LogP contribution in [-0.2, 0) is 32.3 Å². The highest BCUT2D eigenvalue weighted by atomic mass is 28.3. The fraction of sp³-hybridized carbons (Fsp3) is 0.641. The molecule has 8 heterocycles. The second-order valence-corrected chi connectivity index (χ2v) is 21.6. The maximum absolute atomic E-state index is 14.0. The monoisotopic (exact) mass is 703 g/mol. The Morgan fingerprint density at radius 2 is 1.86 bits per heavy atom. The van der Waals surface area contributed by atoms with Crippen LogP contribution in [0.15, 0.2) is 41.5 Å². The number of Topliss-reactive ketones (excluding diaryl/α,β-unsaturated/α-hetero) is 1. The molecule has 1 saturated heterocycles. The van der Waals surface area contributed by atoms with E-state index >= 15 is 0 Å². The van der Waals surface area contributed by atoms with Crippen molar-refractivity contribution in [1.29, 1.82) is 0 Å². The molecule has 10 rings (SSSR count). The number of amides is 1. The predicted molar refractivity (Wildman–Crippen MR) is 200 cm³/mol. The van der Waals surface area contributed by atoms with E-state index in [1.54, 1.807) is 4.57 Å². The van der Waals surface area contributed by atoms with Crippen LogP contribution in [-0.4, -0.2) is 78.2 Å². The third-order valence-corrected chi connectivity index (χ3v) is 12.9. The second kappa shape index (κ2) is 16.0. The SMILES string of the molecule is CCC(=O)CCCCC[C@@H]1NC(=O)[C@H]2CC23CCN(CCOCCn2ccc4cc(ccc4c2=O)-c2cnc1n2COCC[Si](C)(C)C)CC3. The van der Waals surface area contributed by atoms with Crippen LogP contribution in [0, 0.1) is 11.3 Å². The highest BCUT2D eigenvalue weighted by Gasteiger charge is 2.58. The molecule has 1 aromatic carbocycles. The molecule has 1 amide bonds. The zero-order chi connectivity index (χ0) is 35.3. The number of hydrogen-bond acceptors (Lipinski definition) is 7. The van der Waals surface area contributed by atoms with Crippen LogP contribution < -0.4 is 10.9 Å². The van der Waals surface area contributed by atoms with Gasteiger partial charge in [-0.05, 0) is 80.2 Å². The summed E-state index contributed by atoms with van der Waals surface area (Å²) in [6, 6.07) is 8.73. The molecule has 8 bridgehead atoms. The Morgan fingerprint density at radius 3 is 2.64 bits per heavy atom. The van der Waals surface area contributed by atoms with Crippen molar-refractivity contribution < 1.29 is 19.1 Å². The van der Waals surface area contributed by atoms with E-state index in [9.17, 15) is 14.4 Å². The topological polar surface area (TPSA) is 108 Å². The minimum absolute atomic E-state index is 0.0209. The van der Waals surface area contributed by atoms with Crippen LogP contribution in [0.2, 0.25) is 25.7 Å². The van der Waals surface area contributed by atoms with Crippen molar-refractivity contribution in [3.8, 4) is 11.3 Å². The maximum atomic E-state index is 14.0. The average Bonchev–Trinajstić information content (AvgIpc) is 3.63. The molecule has 2 aromatic heterocycles. The van der Waals surface area contributed by atoms with E-state index in [1.807, 2.05) is 37.5 Å². The molecule has 2 atom stereocenters. The summed E-state index contributed by atoms with van der Waals surface area (Å²) in [7, 11) is -1.30. The summed E-state index contributed by atoms with van der Waals surface area (Å²) in [5.74, 6) is 1.26. The first-order valence-corrected chi connectivity index (χ1v) is 22.7. The van der Waals surface area contributed by atoms with E-state index in [0.717, 1.165) is 93.1 Å². The minimum atomic E-state index is -1.30. The predicted octanol–water partition coefficient (Wildman–Crippen LogP) is 6.40. The van der Waals surface area contributed by atoms with Gasteiger partial charge < -0.3 is 28.8 Å². The summed E-state index contributed by atoms with van der Waals surface area (Å²) in [5.41, 5.74) is 1.92. The van der Waals surface area contributed by atoms with E-state index < -0.39 is 8.07 Å². The summed E-state index contributed by atoms with van der Waals surface area (Å²) in [4.78, 5) is 46.9. The summed E-state index contributed by atoms with van der Waals surface area (Å²) in [5, 5.41) is 5.02. The van der Waals surface area contributed by atoms with Crippen LogP contribution in [0.4, 0.5) is 0 Å². The normalized spacial score (nSPS) is 24.2. The molecule has 6 aliphatic heterocycles. The minimum Gasteiger partial charge on any atom is -0.378 e.